The van der Waals surface area contributed by atoms with Crippen LogP contribution >= 0.6 is 11.8 Å². The molecule has 0 unspecified atom stereocenters. The summed E-state index contributed by atoms with van der Waals surface area (Å²) in [5.74, 6) is -0.447. The second kappa shape index (κ2) is 12.2. The number of carbonyl (C=O) groups excluding carboxylic acids is 1. The van der Waals surface area contributed by atoms with E-state index in [1.807, 2.05) is 61.5 Å². The summed E-state index contributed by atoms with van der Waals surface area (Å²) in [4.78, 5) is 13.1. The van der Waals surface area contributed by atoms with Gasteiger partial charge in [-0.25, -0.2) is 0 Å². The average molecular weight is 533 g/mol. The van der Waals surface area contributed by atoms with Crippen LogP contribution in [0.1, 0.15) is 38.8 Å². The van der Waals surface area contributed by atoms with Crippen LogP contribution in [0.15, 0.2) is 59.5 Å². The third-order valence-electron chi connectivity index (χ3n) is 6.82. The largest absolute Gasteiger partial charge is 0.457 e. The third-order valence-corrected chi connectivity index (χ3v) is 12.5. The first-order valence-electron chi connectivity index (χ1n) is 12.4. The summed E-state index contributed by atoms with van der Waals surface area (Å²) in [6.07, 6.45) is -3.13. The number of hydrogen-bond acceptors (Lipinski definition) is 7. The molecular formula is C28H40O6SSi. The Kier molecular flexibility index (Phi) is 9.82. The van der Waals surface area contributed by atoms with Gasteiger partial charge in [0.05, 0.1) is 13.2 Å². The lowest BCUT2D eigenvalue weighted by molar-refractivity contribution is -0.220. The van der Waals surface area contributed by atoms with Crippen molar-refractivity contribution < 1.29 is 28.5 Å². The number of benzene rings is 2. The molecule has 6 nitrogen and oxygen atoms in total. The predicted molar refractivity (Wildman–Crippen MR) is 145 cm³/mol. The van der Waals surface area contributed by atoms with Gasteiger partial charge in [-0.15, -0.1) is 0 Å². The number of carbonyl (C=O) groups is 1. The topological polar surface area (TPSA) is 74.2 Å². The highest BCUT2D eigenvalue weighted by Crippen LogP contribution is 2.42. The van der Waals surface area contributed by atoms with Crippen LogP contribution in [0.25, 0.3) is 0 Å². The molecule has 1 saturated heterocycles. The lowest BCUT2D eigenvalue weighted by atomic mass is 10.00. The standard InChI is InChI=1S/C28H40O6SSi/c1-19-13-15-22(16-14-19)35-27-24(30)26(34-36(6,7)28(3,4)5)25(32-20(2)29)23(33-27)18-31-17-21-11-9-8-10-12-21/h8-16,23-27,30H,17-18H2,1-7H3/t23-,24-,25-,26-,27+/m1/s1. The minimum absolute atomic E-state index is 0.0926. The maximum absolute atomic E-state index is 12.1. The van der Waals surface area contributed by atoms with E-state index in [1.54, 1.807) is 0 Å². The van der Waals surface area contributed by atoms with Crippen molar-refractivity contribution in [2.24, 2.45) is 0 Å². The van der Waals surface area contributed by atoms with Gasteiger partial charge < -0.3 is 23.7 Å². The van der Waals surface area contributed by atoms with Crippen molar-refractivity contribution in [3.05, 3.63) is 65.7 Å². The first kappa shape index (κ1) is 28.9. The molecular weight excluding hydrogens is 492 g/mol. The van der Waals surface area contributed by atoms with Crippen molar-refractivity contribution in [1.82, 2.24) is 0 Å². The fourth-order valence-corrected chi connectivity index (χ4v) is 6.09. The predicted octanol–water partition coefficient (Wildman–Crippen LogP) is 5.71. The SMILES string of the molecule is CC(=O)O[C@H]1[C@H](O[Si](C)(C)C(C)(C)C)[C@@H](O)[C@H](Sc2ccc(C)cc2)O[C@@H]1COCc1ccccc1. The molecule has 2 aromatic rings. The summed E-state index contributed by atoms with van der Waals surface area (Å²) in [6.45, 7) is 14.7. The highest BCUT2D eigenvalue weighted by molar-refractivity contribution is 7.99. The smallest absolute Gasteiger partial charge is 0.303 e. The molecule has 1 aliphatic rings. The Bertz CT molecular complexity index is 976. The van der Waals surface area contributed by atoms with E-state index >= 15 is 0 Å². The van der Waals surface area contributed by atoms with Crippen LogP contribution in [0.5, 0.6) is 0 Å². The molecule has 0 aliphatic carbocycles. The molecule has 0 radical (unpaired) electrons. The van der Waals surface area contributed by atoms with Gasteiger partial charge in [-0.05, 0) is 42.8 Å². The van der Waals surface area contributed by atoms with E-state index in [0.29, 0.717) is 6.61 Å². The van der Waals surface area contributed by atoms with E-state index in [2.05, 4.69) is 33.9 Å². The molecule has 0 saturated carbocycles. The summed E-state index contributed by atoms with van der Waals surface area (Å²) in [5.41, 5.74) is 1.59. The van der Waals surface area contributed by atoms with E-state index in [4.69, 9.17) is 18.6 Å². The van der Waals surface area contributed by atoms with E-state index in [0.717, 1.165) is 16.0 Å². The summed E-state index contributed by atoms with van der Waals surface area (Å²) in [5, 5.41) is 11.4. The molecule has 1 heterocycles. The van der Waals surface area contributed by atoms with Gasteiger partial charge >= 0.3 is 5.97 Å². The molecule has 198 valence electrons. The van der Waals surface area contributed by atoms with Crippen LogP contribution in [0, 0.1) is 6.92 Å². The average Bonchev–Trinajstić information content (AvgIpc) is 2.80. The van der Waals surface area contributed by atoms with Crippen LogP contribution < -0.4 is 0 Å². The number of thioether (sulfide) groups is 1. The Balaban J connectivity index is 1.88. The first-order valence-corrected chi connectivity index (χ1v) is 16.2. The number of aliphatic hydroxyl groups is 1. The fourth-order valence-electron chi connectivity index (χ4n) is 3.73. The molecule has 5 atom stereocenters. The Labute approximate surface area is 220 Å². The molecule has 0 spiro atoms. The lowest BCUT2D eigenvalue weighted by Crippen LogP contribution is -2.63. The Morgan fingerprint density at radius 3 is 2.28 bits per heavy atom. The number of rotatable bonds is 9. The number of ether oxygens (including phenoxy) is 3. The number of aliphatic hydroxyl groups excluding tert-OH is 1. The fraction of sp³-hybridized carbons (Fsp3) is 0.536. The molecule has 0 bridgehead atoms. The van der Waals surface area contributed by atoms with Crippen LogP contribution in [0.4, 0.5) is 0 Å². The molecule has 8 heteroatoms. The summed E-state index contributed by atoms with van der Waals surface area (Å²) < 4.78 is 24.8. The van der Waals surface area contributed by atoms with Gasteiger partial charge in [0.25, 0.3) is 0 Å². The van der Waals surface area contributed by atoms with Gasteiger partial charge in [0.2, 0.25) is 0 Å². The maximum atomic E-state index is 12.1. The number of hydrogen-bond donors (Lipinski definition) is 1. The van der Waals surface area contributed by atoms with Crippen molar-refractivity contribution in [2.75, 3.05) is 6.61 Å². The zero-order valence-electron chi connectivity index (χ0n) is 22.4. The van der Waals surface area contributed by atoms with Gasteiger partial charge in [0, 0.05) is 11.8 Å². The van der Waals surface area contributed by atoms with E-state index in [-0.39, 0.29) is 11.6 Å². The minimum atomic E-state index is -2.33. The van der Waals surface area contributed by atoms with Gasteiger partial charge in [-0.1, -0.05) is 80.6 Å². The number of esters is 1. The second-order valence-corrected chi connectivity index (χ2v) is 16.8. The molecule has 1 fully saturated rings. The maximum Gasteiger partial charge on any atom is 0.303 e. The molecule has 2 aromatic carbocycles. The van der Waals surface area contributed by atoms with Crippen LogP contribution in [0.3, 0.4) is 0 Å². The lowest BCUT2D eigenvalue weighted by Gasteiger charge is -2.48. The Morgan fingerprint density at radius 1 is 1.06 bits per heavy atom. The minimum Gasteiger partial charge on any atom is -0.457 e. The van der Waals surface area contributed by atoms with E-state index in [1.165, 1.54) is 18.7 Å². The van der Waals surface area contributed by atoms with Crippen LogP contribution in [-0.4, -0.2) is 55.9 Å². The number of aryl methyl sites for hydroxylation is 1. The van der Waals surface area contributed by atoms with E-state index < -0.39 is 44.1 Å². The van der Waals surface area contributed by atoms with Gasteiger partial charge in [-0.3, -0.25) is 4.79 Å². The quantitative estimate of drug-likeness (QED) is 0.327. The van der Waals surface area contributed by atoms with Crippen molar-refractivity contribution >= 4 is 26.0 Å². The molecule has 0 aromatic heterocycles. The molecule has 1 aliphatic heterocycles. The highest BCUT2D eigenvalue weighted by Gasteiger charge is 2.52. The summed E-state index contributed by atoms with van der Waals surface area (Å²) in [6, 6.07) is 18.0. The van der Waals surface area contributed by atoms with Gasteiger partial charge in [0.15, 0.2) is 14.4 Å². The monoisotopic (exact) mass is 532 g/mol. The molecule has 1 N–H and O–H groups in total. The molecule has 3 rings (SSSR count). The zero-order valence-corrected chi connectivity index (χ0v) is 24.2. The Hall–Kier alpha value is -1.68. The van der Waals surface area contributed by atoms with Gasteiger partial charge in [0.1, 0.15) is 23.7 Å². The van der Waals surface area contributed by atoms with Crippen LogP contribution in [0.2, 0.25) is 18.1 Å². The summed E-state index contributed by atoms with van der Waals surface area (Å²) >= 11 is 1.44. The highest BCUT2D eigenvalue weighted by atomic mass is 32.2. The van der Waals surface area contributed by atoms with Crippen molar-refractivity contribution in [2.45, 2.75) is 94.1 Å². The van der Waals surface area contributed by atoms with Crippen LogP contribution in [-0.2, 0) is 30.0 Å². The molecule has 0 amide bonds. The zero-order chi connectivity index (χ0) is 26.5. The van der Waals surface area contributed by atoms with Crippen molar-refractivity contribution in [3.8, 4) is 0 Å². The first-order chi connectivity index (χ1) is 16.9. The third kappa shape index (κ3) is 7.66. The molecule has 36 heavy (non-hydrogen) atoms. The van der Waals surface area contributed by atoms with Crippen molar-refractivity contribution in [1.29, 1.82) is 0 Å². The normalized spacial score (nSPS) is 24.9. The van der Waals surface area contributed by atoms with E-state index in [9.17, 15) is 9.90 Å². The van der Waals surface area contributed by atoms with Crippen molar-refractivity contribution in [3.63, 3.8) is 0 Å². The Morgan fingerprint density at radius 2 is 1.69 bits per heavy atom. The summed E-state index contributed by atoms with van der Waals surface area (Å²) in [7, 11) is -2.33. The second-order valence-electron chi connectivity index (χ2n) is 10.9. The van der Waals surface area contributed by atoms with Gasteiger partial charge in [-0.2, -0.15) is 0 Å².